The maximum absolute atomic E-state index is 13.2. The predicted molar refractivity (Wildman–Crippen MR) is 101 cm³/mol. The summed E-state index contributed by atoms with van der Waals surface area (Å²) in [6.45, 7) is 9.86. The van der Waals surface area contributed by atoms with E-state index in [4.69, 9.17) is 0 Å². The summed E-state index contributed by atoms with van der Waals surface area (Å²) < 4.78 is 0. The Hall–Kier alpha value is -1.35. The highest BCUT2D eigenvalue weighted by Crippen LogP contribution is 2.59. The molecule has 0 bridgehead atoms. The summed E-state index contributed by atoms with van der Waals surface area (Å²) in [5.41, 5.74) is 3.20. The third kappa shape index (κ3) is 3.12. The molecule has 1 amide bonds. The summed E-state index contributed by atoms with van der Waals surface area (Å²) in [6.07, 6.45) is 5.74. The molecule has 3 fully saturated rings. The molecule has 4 rings (SSSR count). The third-order valence-electron chi connectivity index (χ3n) is 6.78. The topological polar surface area (TPSA) is 32.3 Å². The van der Waals surface area contributed by atoms with Crippen LogP contribution in [0.25, 0.3) is 0 Å². The first kappa shape index (κ1) is 17.1. The van der Waals surface area contributed by atoms with Gasteiger partial charge in [0.2, 0.25) is 5.91 Å². The van der Waals surface area contributed by atoms with E-state index in [1.54, 1.807) is 0 Å². The molecule has 2 unspecified atom stereocenters. The van der Waals surface area contributed by atoms with Crippen molar-refractivity contribution in [2.45, 2.75) is 64.3 Å². The normalized spacial score (nSPS) is 28.4. The van der Waals surface area contributed by atoms with Gasteiger partial charge >= 0.3 is 0 Å². The van der Waals surface area contributed by atoms with E-state index in [-0.39, 0.29) is 5.41 Å². The van der Waals surface area contributed by atoms with Gasteiger partial charge in [0, 0.05) is 12.5 Å². The molecule has 0 aromatic heterocycles. The minimum atomic E-state index is 0.180. The van der Waals surface area contributed by atoms with Crippen LogP contribution in [0.15, 0.2) is 24.3 Å². The second-order valence-corrected chi connectivity index (χ2v) is 9.43. The minimum absolute atomic E-state index is 0.180. The number of benzene rings is 1. The van der Waals surface area contributed by atoms with Crippen LogP contribution in [-0.2, 0) is 10.2 Å². The molecule has 0 radical (unpaired) electrons. The number of nitrogens with zero attached hydrogens (tertiary/aromatic N) is 1. The first-order valence-electron chi connectivity index (χ1n) is 10.0. The van der Waals surface area contributed by atoms with Crippen molar-refractivity contribution in [3.05, 3.63) is 35.4 Å². The second kappa shape index (κ2) is 6.12. The van der Waals surface area contributed by atoms with Gasteiger partial charge in [-0.05, 0) is 67.2 Å². The van der Waals surface area contributed by atoms with Crippen molar-refractivity contribution in [1.82, 2.24) is 10.2 Å². The number of likely N-dealkylation sites (tertiary alicyclic amines) is 1. The molecule has 2 heterocycles. The molecule has 3 nitrogen and oxygen atoms in total. The van der Waals surface area contributed by atoms with Gasteiger partial charge in [0.1, 0.15) is 0 Å². The molecule has 2 aliphatic heterocycles. The molecule has 1 aromatic rings. The molecular weight excluding hydrogens is 308 g/mol. The fourth-order valence-corrected chi connectivity index (χ4v) is 4.96. The lowest BCUT2D eigenvalue weighted by molar-refractivity contribution is -0.134. The van der Waals surface area contributed by atoms with Crippen molar-refractivity contribution in [3.63, 3.8) is 0 Å². The van der Waals surface area contributed by atoms with Crippen LogP contribution in [0, 0.1) is 11.3 Å². The first-order valence-corrected chi connectivity index (χ1v) is 10.0. The minimum Gasteiger partial charge on any atom is -0.335 e. The van der Waals surface area contributed by atoms with E-state index in [0.717, 1.165) is 38.9 Å². The van der Waals surface area contributed by atoms with E-state index in [0.29, 0.717) is 23.3 Å². The largest absolute Gasteiger partial charge is 0.335 e. The molecule has 25 heavy (non-hydrogen) atoms. The van der Waals surface area contributed by atoms with Gasteiger partial charge in [-0.1, -0.05) is 45.0 Å². The van der Waals surface area contributed by atoms with Gasteiger partial charge in [-0.15, -0.1) is 0 Å². The number of carbonyl (C=O) groups excluding carboxylic acids is 1. The highest BCUT2D eigenvalue weighted by molar-refractivity contribution is 5.83. The quantitative estimate of drug-likeness (QED) is 0.881. The Morgan fingerprint density at radius 2 is 1.84 bits per heavy atom. The fraction of sp³-hybridized carbons (Fsp3) is 0.682. The van der Waals surface area contributed by atoms with Gasteiger partial charge in [0.25, 0.3) is 0 Å². The molecule has 2 saturated heterocycles. The Kier molecular flexibility index (Phi) is 4.18. The summed E-state index contributed by atoms with van der Waals surface area (Å²) in [5.74, 6) is 0.730. The van der Waals surface area contributed by atoms with Gasteiger partial charge in [-0.2, -0.15) is 0 Å². The van der Waals surface area contributed by atoms with Gasteiger partial charge in [-0.3, -0.25) is 4.79 Å². The molecule has 3 heteroatoms. The van der Waals surface area contributed by atoms with Gasteiger partial charge in [-0.25, -0.2) is 0 Å². The van der Waals surface area contributed by atoms with Gasteiger partial charge < -0.3 is 10.2 Å². The summed E-state index contributed by atoms with van der Waals surface area (Å²) in [6, 6.07) is 9.30. The predicted octanol–water partition coefficient (Wildman–Crippen LogP) is 4.04. The van der Waals surface area contributed by atoms with Crippen molar-refractivity contribution >= 4 is 5.91 Å². The van der Waals surface area contributed by atoms with Crippen molar-refractivity contribution in [1.29, 1.82) is 0 Å². The molecule has 2 atom stereocenters. The number of amides is 1. The van der Waals surface area contributed by atoms with E-state index in [9.17, 15) is 4.79 Å². The molecular formula is C22H32N2O. The van der Waals surface area contributed by atoms with Crippen LogP contribution < -0.4 is 5.32 Å². The summed E-state index contributed by atoms with van der Waals surface area (Å²) in [5, 5.41) is 3.44. The van der Waals surface area contributed by atoms with Gasteiger partial charge in [0.15, 0.2) is 0 Å². The van der Waals surface area contributed by atoms with Crippen LogP contribution in [0.5, 0.6) is 0 Å². The Bertz CT molecular complexity index is 637. The van der Waals surface area contributed by atoms with Crippen LogP contribution in [0.2, 0.25) is 0 Å². The Morgan fingerprint density at radius 3 is 2.48 bits per heavy atom. The SMILES string of the molecule is CC(C)(C)c1ccc(C2CCCN2C(=O)C2CC23CCNCC3)cc1. The molecule has 1 N–H and O–H groups in total. The van der Waals surface area contributed by atoms with Crippen LogP contribution in [0.3, 0.4) is 0 Å². The fourth-order valence-electron chi connectivity index (χ4n) is 4.96. The van der Waals surface area contributed by atoms with E-state index in [2.05, 4.69) is 55.3 Å². The average Bonchev–Trinajstić information content (AvgIpc) is 3.07. The van der Waals surface area contributed by atoms with E-state index >= 15 is 0 Å². The number of rotatable bonds is 2. The number of hydrogen-bond acceptors (Lipinski definition) is 2. The number of carbonyl (C=O) groups is 1. The summed E-state index contributed by atoms with van der Waals surface area (Å²) in [4.78, 5) is 15.4. The number of nitrogens with one attached hydrogen (secondary N) is 1. The van der Waals surface area contributed by atoms with Crippen molar-refractivity contribution in [2.75, 3.05) is 19.6 Å². The molecule has 136 valence electrons. The summed E-state index contributed by atoms with van der Waals surface area (Å²) >= 11 is 0. The third-order valence-corrected chi connectivity index (χ3v) is 6.78. The molecule has 1 saturated carbocycles. The van der Waals surface area contributed by atoms with Crippen LogP contribution in [-0.4, -0.2) is 30.4 Å². The Balaban J connectivity index is 1.48. The van der Waals surface area contributed by atoms with E-state index in [1.807, 2.05) is 0 Å². The lowest BCUT2D eigenvalue weighted by Crippen LogP contribution is -2.36. The zero-order valence-corrected chi connectivity index (χ0v) is 16.0. The summed E-state index contributed by atoms with van der Waals surface area (Å²) in [7, 11) is 0. The lowest BCUT2D eigenvalue weighted by Gasteiger charge is -2.29. The Labute approximate surface area is 152 Å². The molecule has 1 spiro atoms. The average molecular weight is 341 g/mol. The zero-order valence-electron chi connectivity index (χ0n) is 16.0. The number of hydrogen-bond donors (Lipinski definition) is 1. The monoisotopic (exact) mass is 340 g/mol. The zero-order chi connectivity index (χ0) is 17.7. The van der Waals surface area contributed by atoms with Crippen LogP contribution >= 0.6 is 0 Å². The van der Waals surface area contributed by atoms with E-state index in [1.165, 1.54) is 24.0 Å². The van der Waals surface area contributed by atoms with Crippen LogP contribution in [0.1, 0.15) is 70.0 Å². The highest BCUT2D eigenvalue weighted by atomic mass is 16.2. The maximum atomic E-state index is 13.2. The standard InChI is InChI=1S/C22H32N2O/c1-21(2,3)17-8-6-16(7-9-17)19-5-4-14-24(19)20(25)18-15-22(18)10-12-23-13-11-22/h6-9,18-19,23H,4-5,10-15H2,1-3H3. The molecule has 1 aromatic carbocycles. The Morgan fingerprint density at radius 1 is 1.16 bits per heavy atom. The lowest BCUT2D eigenvalue weighted by atomic mass is 9.86. The second-order valence-electron chi connectivity index (χ2n) is 9.43. The van der Waals surface area contributed by atoms with E-state index < -0.39 is 0 Å². The number of piperidine rings is 1. The molecule has 1 aliphatic carbocycles. The first-order chi connectivity index (χ1) is 11.9. The van der Waals surface area contributed by atoms with Crippen molar-refractivity contribution < 1.29 is 4.79 Å². The van der Waals surface area contributed by atoms with Crippen LogP contribution in [0.4, 0.5) is 0 Å². The maximum Gasteiger partial charge on any atom is 0.226 e. The smallest absolute Gasteiger partial charge is 0.226 e. The van der Waals surface area contributed by atoms with Crippen molar-refractivity contribution in [2.24, 2.45) is 11.3 Å². The van der Waals surface area contributed by atoms with Gasteiger partial charge in [0.05, 0.1) is 6.04 Å². The highest BCUT2D eigenvalue weighted by Gasteiger charge is 2.59. The van der Waals surface area contributed by atoms with Crippen molar-refractivity contribution in [3.8, 4) is 0 Å². The molecule has 3 aliphatic rings.